The van der Waals surface area contributed by atoms with Crippen LogP contribution in [0.1, 0.15) is 39.3 Å². The summed E-state index contributed by atoms with van der Waals surface area (Å²) in [5.41, 5.74) is 1.58. The average molecular weight is 265 g/mol. The van der Waals surface area contributed by atoms with Gasteiger partial charge in [0.25, 0.3) is 0 Å². The van der Waals surface area contributed by atoms with E-state index in [2.05, 4.69) is 37.3 Å². The number of aromatic nitrogens is 2. The zero-order valence-corrected chi connectivity index (χ0v) is 12.6. The van der Waals surface area contributed by atoms with E-state index in [4.69, 9.17) is 4.74 Å². The number of ether oxygens (including phenoxy) is 1. The van der Waals surface area contributed by atoms with Crippen LogP contribution in [0.3, 0.4) is 0 Å². The third-order valence-electron chi connectivity index (χ3n) is 4.49. The normalized spacial score (nSPS) is 27.3. The molecule has 0 radical (unpaired) electrons. The van der Waals surface area contributed by atoms with E-state index >= 15 is 0 Å². The summed E-state index contributed by atoms with van der Waals surface area (Å²) in [6.07, 6.45) is 5.61. The summed E-state index contributed by atoms with van der Waals surface area (Å²) < 4.78 is 7.82. The van der Waals surface area contributed by atoms with E-state index in [1.54, 1.807) is 0 Å². The Labute approximate surface area is 116 Å². The summed E-state index contributed by atoms with van der Waals surface area (Å²) in [5, 5.41) is 7.85. The molecular weight excluding hydrogens is 238 g/mol. The smallest absolute Gasteiger partial charge is 0.0616 e. The van der Waals surface area contributed by atoms with Crippen molar-refractivity contribution in [3.05, 3.63) is 18.0 Å². The van der Waals surface area contributed by atoms with Crippen molar-refractivity contribution in [1.29, 1.82) is 0 Å². The lowest BCUT2D eigenvalue weighted by Gasteiger charge is -2.33. The van der Waals surface area contributed by atoms with Crippen LogP contribution in [0.4, 0.5) is 0 Å². The van der Waals surface area contributed by atoms with E-state index in [-0.39, 0.29) is 5.41 Å². The molecule has 0 aliphatic carbocycles. The highest BCUT2D eigenvalue weighted by Gasteiger charge is 2.40. The zero-order valence-electron chi connectivity index (χ0n) is 12.6. The number of hydrogen-bond donors (Lipinski definition) is 1. The zero-order chi connectivity index (χ0) is 13.9. The molecule has 0 amide bonds. The minimum Gasteiger partial charge on any atom is -0.378 e. The molecule has 4 heteroatoms. The van der Waals surface area contributed by atoms with Crippen molar-refractivity contribution in [3.8, 4) is 0 Å². The van der Waals surface area contributed by atoms with Crippen molar-refractivity contribution in [2.24, 2.45) is 12.5 Å². The van der Waals surface area contributed by atoms with E-state index in [0.29, 0.717) is 12.1 Å². The number of aryl methyl sites for hydroxylation is 2. The fourth-order valence-electron chi connectivity index (χ4n) is 2.90. The summed E-state index contributed by atoms with van der Waals surface area (Å²) in [7, 11) is 2.02. The van der Waals surface area contributed by atoms with Gasteiger partial charge in [-0.1, -0.05) is 13.8 Å². The molecule has 2 heterocycles. The molecule has 0 bridgehead atoms. The maximum atomic E-state index is 5.84. The molecule has 1 N–H and O–H groups in total. The van der Waals surface area contributed by atoms with Crippen molar-refractivity contribution < 1.29 is 4.74 Å². The first-order valence-electron chi connectivity index (χ1n) is 7.35. The lowest BCUT2D eigenvalue weighted by Crippen LogP contribution is -2.42. The van der Waals surface area contributed by atoms with Gasteiger partial charge in [0.1, 0.15) is 0 Å². The third-order valence-corrected chi connectivity index (χ3v) is 4.49. The number of nitrogens with zero attached hydrogens (tertiary/aromatic N) is 2. The molecule has 1 fully saturated rings. The Hall–Kier alpha value is -0.870. The molecule has 1 aromatic heterocycles. The van der Waals surface area contributed by atoms with Gasteiger partial charge in [0, 0.05) is 43.5 Å². The summed E-state index contributed by atoms with van der Waals surface area (Å²) in [6.45, 7) is 8.57. The molecule has 2 rings (SSSR count). The highest BCUT2D eigenvalue weighted by molar-refractivity contribution is 5.03. The number of nitrogens with one attached hydrogen (secondary N) is 1. The maximum Gasteiger partial charge on any atom is 0.0616 e. The maximum absolute atomic E-state index is 5.84. The fourth-order valence-corrected chi connectivity index (χ4v) is 2.90. The lowest BCUT2D eigenvalue weighted by molar-refractivity contribution is 0.0574. The minimum atomic E-state index is 0.272. The van der Waals surface area contributed by atoms with Gasteiger partial charge < -0.3 is 10.1 Å². The van der Waals surface area contributed by atoms with Gasteiger partial charge in [-0.3, -0.25) is 4.68 Å². The first kappa shape index (κ1) is 14.5. The summed E-state index contributed by atoms with van der Waals surface area (Å²) in [5.74, 6) is 0. The SMILES string of the molecule is CC(C)NCC1(CCc2ccnn2C)CCOC1C. The monoisotopic (exact) mass is 265 g/mol. The Balaban J connectivity index is 2.00. The molecule has 2 atom stereocenters. The lowest BCUT2D eigenvalue weighted by atomic mass is 9.77. The molecule has 19 heavy (non-hydrogen) atoms. The van der Waals surface area contributed by atoms with Crippen LogP contribution in [-0.4, -0.2) is 35.1 Å². The van der Waals surface area contributed by atoms with E-state index in [1.165, 1.54) is 5.69 Å². The quantitative estimate of drug-likeness (QED) is 0.856. The summed E-state index contributed by atoms with van der Waals surface area (Å²) in [6, 6.07) is 2.64. The first-order valence-corrected chi connectivity index (χ1v) is 7.35. The Morgan fingerprint density at radius 1 is 1.58 bits per heavy atom. The highest BCUT2D eigenvalue weighted by Crippen LogP contribution is 2.38. The predicted octanol–water partition coefficient (Wildman–Crippen LogP) is 2.15. The molecule has 2 unspecified atom stereocenters. The minimum absolute atomic E-state index is 0.272. The first-order chi connectivity index (χ1) is 9.03. The van der Waals surface area contributed by atoms with Gasteiger partial charge in [0.2, 0.25) is 0 Å². The molecule has 4 nitrogen and oxygen atoms in total. The van der Waals surface area contributed by atoms with Crippen LogP contribution < -0.4 is 5.32 Å². The van der Waals surface area contributed by atoms with Crippen LogP contribution in [0.15, 0.2) is 12.3 Å². The second kappa shape index (κ2) is 6.06. The van der Waals surface area contributed by atoms with Gasteiger partial charge in [-0.05, 0) is 32.3 Å². The summed E-state index contributed by atoms with van der Waals surface area (Å²) in [4.78, 5) is 0. The van der Waals surface area contributed by atoms with Gasteiger partial charge >= 0.3 is 0 Å². The summed E-state index contributed by atoms with van der Waals surface area (Å²) >= 11 is 0. The predicted molar refractivity (Wildman–Crippen MR) is 77.1 cm³/mol. The van der Waals surface area contributed by atoms with Crippen LogP contribution >= 0.6 is 0 Å². The van der Waals surface area contributed by atoms with Crippen molar-refractivity contribution in [2.45, 2.75) is 52.2 Å². The molecule has 0 aromatic carbocycles. The Morgan fingerprint density at radius 2 is 2.37 bits per heavy atom. The van der Waals surface area contributed by atoms with Gasteiger partial charge in [-0.15, -0.1) is 0 Å². The standard InChI is InChI=1S/C15H27N3O/c1-12(2)16-11-15(8-10-19-13(15)3)7-5-14-6-9-17-18(14)4/h6,9,12-13,16H,5,7-8,10-11H2,1-4H3. The number of rotatable bonds is 6. The van der Waals surface area contributed by atoms with Gasteiger partial charge in [-0.2, -0.15) is 5.10 Å². The Bertz CT molecular complexity index is 402. The van der Waals surface area contributed by atoms with Crippen molar-refractivity contribution >= 4 is 0 Å². The molecule has 0 saturated carbocycles. The second-order valence-corrected chi connectivity index (χ2v) is 6.11. The van der Waals surface area contributed by atoms with Crippen LogP contribution in [0, 0.1) is 5.41 Å². The molecule has 1 saturated heterocycles. The van der Waals surface area contributed by atoms with E-state index < -0.39 is 0 Å². The highest BCUT2D eigenvalue weighted by atomic mass is 16.5. The van der Waals surface area contributed by atoms with Crippen molar-refractivity contribution in [2.75, 3.05) is 13.2 Å². The van der Waals surface area contributed by atoms with E-state index in [9.17, 15) is 0 Å². The molecule has 1 aromatic rings. The van der Waals surface area contributed by atoms with E-state index in [1.807, 2.05) is 17.9 Å². The second-order valence-electron chi connectivity index (χ2n) is 6.11. The topological polar surface area (TPSA) is 39.1 Å². The van der Waals surface area contributed by atoms with Crippen LogP contribution in [0.25, 0.3) is 0 Å². The van der Waals surface area contributed by atoms with Crippen LogP contribution in [0.2, 0.25) is 0 Å². The number of hydrogen-bond acceptors (Lipinski definition) is 3. The van der Waals surface area contributed by atoms with Gasteiger partial charge in [0.05, 0.1) is 6.10 Å². The van der Waals surface area contributed by atoms with Crippen LogP contribution in [0.5, 0.6) is 0 Å². The van der Waals surface area contributed by atoms with Gasteiger partial charge in [-0.25, -0.2) is 0 Å². The Kier molecular flexibility index (Phi) is 4.63. The molecular formula is C15H27N3O. The fraction of sp³-hybridized carbons (Fsp3) is 0.800. The van der Waals surface area contributed by atoms with Gasteiger partial charge in [0.15, 0.2) is 0 Å². The third kappa shape index (κ3) is 3.37. The largest absolute Gasteiger partial charge is 0.378 e. The molecule has 1 aliphatic heterocycles. The Morgan fingerprint density at radius 3 is 2.89 bits per heavy atom. The molecule has 108 valence electrons. The van der Waals surface area contributed by atoms with E-state index in [0.717, 1.165) is 32.4 Å². The molecule has 0 spiro atoms. The molecule has 1 aliphatic rings. The van der Waals surface area contributed by atoms with Crippen molar-refractivity contribution in [3.63, 3.8) is 0 Å². The van der Waals surface area contributed by atoms with Crippen LogP contribution in [-0.2, 0) is 18.2 Å². The van der Waals surface area contributed by atoms with Crippen molar-refractivity contribution in [1.82, 2.24) is 15.1 Å². The average Bonchev–Trinajstić information content (AvgIpc) is 2.92.